The molecule has 2 atom stereocenters. The maximum Gasteiger partial charge on any atom is 0.254 e. The molecule has 2 saturated heterocycles. The Morgan fingerprint density at radius 1 is 0.962 bits per heavy atom. The summed E-state index contributed by atoms with van der Waals surface area (Å²) in [6.07, 6.45) is 0. The summed E-state index contributed by atoms with van der Waals surface area (Å²) in [5.41, 5.74) is -0.983. The molecular weight excluding hydrogens is 336 g/mol. The van der Waals surface area contributed by atoms with Crippen molar-refractivity contribution in [3.05, 3.63) is 23.8 Å². The highest BCUT2D eigenvalue weighted by molar-refractivity contribution is 5.99. The molecule has 26 heavy (non-hydrogen) atoms. The lowest BCUT2D eigenvalue weighted by Crippen LogP contribution is -2.69. The van der Waals surface area contributed by atoms with Crippen molar-refractivity contribution in [1.82, 2.24) is 9.80 Å². The summed E-state index contributed by atoms with van der Waals surface area (Å²) >= 11 is 0. The van der Waals surface area contributed by atoms with Gasteiger partial charge in [-0.15, -0.1) is 0 Å². The summed E-state index contributed by atoms with van der Waals surface area (Å²) in [6, 6.07) is 5.13. The highest BCUT2D eigenvalue weighted by Crippen LogP contribution is 2.43. The van der Waals surface area contributed by atoms with Gasteiger partial charge in [0.1, 0.15) is 0 Å². The number of hydrogen-bond donors (Lipinski definition) is 0. The summed E-state index contributed by atoms with van der Waals surface area (Å²) in [6.45, 7) is 6.68. The standard InChI is InChI=1S/C19H22N2O5/c1-12(22)20-7-18(2)9-21(10-19(3,8-20)17(18)24)16(23)13-4-5-14-15(6-13)26-11-25-14/h4-6H,7-11H2,1-3H3. The van der Waals surface area contributed by atoms with E-state index in [0.29, 0.717) is 43.2 Å². The zero-order chi connectivity index (χ0) is 18.7. The second kappa shape index (κ2) is 5.46. The largest absolute Gasteiger partial charge is 0.454 e. The van der Waals surface area contributed by atoms with E-state index in [1.54, 1.807) is 28.0 Å². The van der Waals surface area contributed by atoms with Gasteiger partial charge in [-0.3, -0.25) is 14.4 Å². The predicted octanol–water partition coefficient (Wildman–Crippen LogP) is 1.31. The third-order valence-corrected chi connectivity index (χ3v) is 5.61. The van der Waals surface area contributed by atoms with Gasteiger partial charge in [-0.05, 0) is 32.0 Å². The summed E-state index contributed by atoms with van der Waals surface area (Å²) in [7, 11) is 0. The van der Waals surface area contributed by atoms with Gasteiger partial charge in [-0.2, -0.15) is 0 Å². The van der Waals surface area contributed by atoms with E-state index >= 15 is 0 Å². The quantitative estimate of drug-likeness (QED) is 0.757. The molecule has 3 aliphatic heterocycles. The lowest BCUT2D eigenvalue weighted by atomic mass is 9.64. The van der Waals surface area contributed by atoms with Gasteiger partial charge >= 0.3 is 0 Å². The summed E-state index contributed by atoms with van der Waals surface area (Å²) in [4.78, 5) is 41.4. The van der Waals surface area contributed by atoms with Crippen LogP contribution in [0.25, 0.3) is 0 Å². The fourth-order valence-corrected chi connectivity index (χ4v) is 4.49. The minimum Gasteiger partial charge on any atom is -0.454 e. The van der Waals surface area contributed by atoms with Crippen LogP contribution in [-0.2, 0) is 9.59 Å². The van der Waals surface area contributed by atoms with Crippen molar-refractivity contribution in [3.8, 4) is 11.5 Å². The van der Waals surface area contributed by atoms with Crippen molar-refractivity contribution in [1.29, 1.82) is 0 Å². The van der Waals surface area contributed by atoms with Crippen molar-refractivity contribution >= 4 is 17.6 Å². The molecule has 0 saturated carbocycles. The molecule has 0 N–H and O–H groups in total. The Hall–Kier alpha value is -2.57. The molecule has 7 heteroatoms. The van der Waals surface area contributed by atoms with Gasteiger partial charge < -0.3 is 19.3 Å². The second-order valence-electron chi connectivity index (χ2n) is 8.05. The van der Waals surface area contributed by atoms with E-state index in [-0.39, 0.29) is 24.4 Å². The Kier molecular flexibility index (Phi) is 3.54. The second-order valence-corrected chi connectivity index (χ2v) is 8.05. The third kappa shape index (κ3) is 2.45. The average Bonchev–Trinajstić information content (AvgIpc) is 3.04. The predicted molar refractivity (Wildman–Crippen MR) is 91.9 cm³/mol. The van der Waals surface area contributed by atoms with Crippen molar-refractivity contribution in [2.24, 2.45) is 10.8 Å². The molecule has 2 unspecified atom stereocenters. The van der Waals surface area contributed by atoms with Crippen molar-refractivity contribution in [3.63, 3.8) is 0 Å². The first kappa shape index (κ1) is 16.9. The maximum atomic E-state index is 13.1. The number of carbonyl (C=O) groups is 3. The monoisotopic (exact) mass is 358 g/mol. The summed E-state index contributed by atoms with van der Waals surface area (Å²) in [5.74, 6) is 1.15. The molecule has 7 nitrogen and oxygen atoms in total. The highest BCUT2D eigenvalue weighted by Gasteiger charge is 2.57. The first-order valence-electron chi connectivity index (χ1n) is 8.71. The Morgan fingerprint density at radius 2 is 1.54 bits per heavy atom. The van der Waals surface area contributed by atoms with Crippen LogP contribution in [0.5, 0.6) is 11.5 Å². The van der Waals surface area contributed by atoms with Crippen LogP contribution in [0.3, 0.4) is 0 Å². The Morgan fingerprint density at radius 3 is 2.15 bits per heavy atom. The number of Topliss-reactive ketones (excluding diaryl/α,β-unsaturated/α-hetero) is 1. The van der Waals surface area contributed by atoms with E-state index in [1.165, 1.54) is 6.92 Å². The van der Waals surface area contributed by atoms with Crippen LogP contribution in [0, 0.1) is 10.8 Å². The number of likely N-dealkylation sites (tertiary alicyclic amines) is 2. The molecule has 3 aliphatic rings. The van der Waals surface area contributed by atoms with Crippen LogP contribution in [0.2, 0.25) is 0 Å². The fourth-order valence-electron chi connectivity index (χ4n) is 4.49. The average molecular weight is 358 g/mol. The number of hydrogen-bond acceptors (Lipinski definition) is 5. The lowest BCUT2D eigenvalue weighted by Gasteiger charge is -2.54. The summed E-state index contributed by atoms with van der Waals surface area (Å²) in [5, 5.41) is 0. The summed E-state index contributed by atoms with van der Waals surface area (Å²) < 4.78 is 10.6. The van der Waals surface area contributed by atoms with E-state index in [1.807, 2.05) is 13.8 Å². The Labute approximate surface area is 151 Å². The molecule has 2 bridgehead atoms. The Bertz CT molecular complexity index is 798. The van der Waals surface area contributed by atoms with Crippen LogP contribution in [0.1, 0.15) is 31.1 Å². The van der Waals surface area contributed by atoms with Gasteiger partial charge in [0.05, 0.1) is 10.8 Å². The lowest BCUT2D eigenvalue weighted by molar-refractivity contribution is -0.159. The molecule has 2 fully saturated rings. The Balaban J connectivity index is 1.63. The normalized spacial score (nSPS) is 29.7. The zero-order valence-corrected chi connectivity index (χ0v) is 15.2. The zero-order valence-electron chi connectivity index (χ0n) is 15.2. The smallest absolute Gasteiger partial charge is 0.254 e. The van der Waals surface area contributed by atoms with Crippen LogP contribution in [-0.4, -0.2) is 60.4 Å². The van der Waals surface area contributed by atoms with Crippen LogP contribution >= 0.6 is 0 Å². The molecule has 0 spiro atoms. The maximum absolute atomic E-state index is 13.1. The number of benzene rings is 1. The molecule has 2 amide bonds. The number of rotatable bonds is 1. The minimum atomic E-state index is -0.747. The number of fused-ring (bicyclic) bond motifs is 3. The SMILES string of the molecule is CC(=O)N1CC2(C)CN(C(=O)c3ccc4c(c3)OCO4)CC(C)(C1)C2=O. The molecule has 4 rings (SSSR count). The van der Waals surface area contributed by atoms with E-state index in [2.05, 4.69) is 0 Å². The van der Waals surface area contributed by atoms with E-state index in [9.17, 15) is 14.4 Å². The highest BCUT2D eigenvalue weighted by atomic mass is 16.7. The third-order valence-electron chi connectivity index (χ3n) is 5.61. The first-order chi connectivity index (χ1) is 12.2. The van der Waals surface area contributed by atoms with Crippen molar-refractivity contribution < 1.29 is 23.9 Å². The molecular formula is C19H22N2O5. The van der Waals surface area contributed by atoms with Gasteiger partial charge in [0.15, 0.2) is 17.3 Å². The molecule has 1 aromatic carbocycles. The molecule has 138 valence electrons. The molecule has 3 heterocycles. The van der Waals surface area contributed by atoms with E-state index in [4.69, 9.17) is 9.47 Å². The topological polar surface area (TPSA) is 76.2 Å². The number of nitrogens with zero attached hydrogens (tertiary/aromatic N) is 2. The van der Waals surface area contributed by atoms with Crippen molar-refractivity contribution in [2.75, 3.05) is 33.0 Å². The van der Waals surface area contributed by atoms with Gasteiger partial charge in [-0.25, -0.2) is 0 Å². The molecule has 0 aromatic heterocycles. The first-order valence-corrected chi connectivity index (χ1v) is 8.71. The van der Waals surface area contributed by atoms with Crippen molar-refractivity contribution in [2.45, 2.75) is 20.8 Å². The van der Waals surface area contributed by atoms with Gasteiger partial charge in [0.2, 0.25) is 12.7 Å². The fraction of sp³-hybridized carbons (Fsp3) is 0.526. The number of amides is 2. The molecule has 0 aliphatic carbocycles. The van der Waals surface area contributed by atoms with E-state index < -0.39 is 10.8 Å². The number of carbonyl (C=O) groups excluding carboxylic acids is 3. The van der Waals surface area contributed by atoms with Crippen LogP contribution < -0.4 is 9.47 Å². The van der Waals surface area contributed by atoms with Crippen LogP contribution in [0.4, 0.5) is 0 Å². The number of piperidine rings is 2. The number of ether oxygens (including phenoxy) is 2. The molecule has 0 radical (unpaired) electrons. The molecule has 1 aromatic rings. The van der Waals surface area contributed by atoms with Gasteiger partial charge in [0, 0.05) is 38.7 Å². The van der Waals surface area contributed by atoms with Gasteiger partial charge in [-0.1, -0.05) is 0 Å². The van der Waals surface area contributed by atoms with Crippen LogP contribution in [0.15, 0.2) is 18.2 Å². The van der Waals surface area contributed by atoms with Gasteiger partial charge in [0.25, 0.3) is 5.91 Å². The number of ketones is 1. The minimum absolute atomic E-state index is 0.0366. The van der Waals surface area contributed by atoms with E-state index in [0.717, 1.165) is 0 Å².